The van der Waals surface area contributed by atoms with E-state index in [1.165, 1.54) is 0 Å². The van der Waals surface area contributed by atoms with E-state index in [0.717, 1.165) is 13.0 Å². The summed E-state index contributed by atoms with van der Waals surface area (Å²) in [6.07, 6.45) is 0.762. The first-order chi connectivity index (χ1) is 5.84. The predicted octanol–water partition coefficient (Wildman–Crippen LogP) is 1.32. The van der Waals surface area contributed by atoms with Crippen LogP contribution in [0, 0.1) is 5.92 Å². The second-order valence-electron chi connectivity index (χ2n) is 4.23. The number of nitrogens with two attached hydrogens (primary N) is 2. The predicted molar refractivity (Wildman–Crippen MR) is 60.2 cm³/mol. The van der Waals surface area contributed by atoms with Crippen molar-refractivity contribution < 1.29 is 4.74 Å². The Hall–Kier alpha value is 0.310. The van der Waals surface area contributed by atoms with Gasteiger partial charge >= 0.3 is 0 Å². The third kappa shape index (κ3) is 7.39. The van der Waals surface area contributed by atoms with Crippen LogP contribution in [0.15, 0.2) is 0 Å². The lowest BCUT2D eigenvalue weighted by atomic mass is 9.91. The fourth-order valence-electron chi connectivity index (χ4n) is 0.641. The number of hydrogen-bond donors (Lipinski definition) is 2. The summed E-state index contributed by atoms with van der Waals surface area (Å²) in [6, 6.07) is 0. The first-order valence-corrected chi connectivity index (χ1v) is 5.98. The molecule has 3 nitrogen and oxygen atoms in total. The molecule has 0 aliphatic rings. The summed E-state index contributed by atoms with van der Waals surface area (Å²) in [4.78, 5) is 0. The molecule has 0 aromatic carbocycles. The second kappa shape index (κ2) is 5.92. The van der Waals surface area contributed by atoms with Gasteiger partial charge in [-0.3, -0.25) is 0 Å². The minimum Gasteiger partial charge on any atom is -0.377 e. The molecule has 80 valence electrons. The van der Waals surface area contributed by atoms with Gasteiger partial charge in [-0.15, -0.1) is 0 Å². The van der Waals surface area contributed by atoms with Crippen molar-refractivity contribution >= 4 is 8.58 Å². The molecule has 0 aromatic heterocycles. The normalized spacial score (nSPS) is 18.0. The minimum atomic E-state index is -0.155. The van der Waals surface area contributed by atoms with Gasteiger partial charge in [0.25, 0.3) is 0 Å². The maximum Gasteiger partial charge on any atom is 0.0645 e. The average molecular weight is 206 g/mol. The Balaban J connectivity index is 3.43. The molecule has 4 heteroatoms. The first-order valence-electron chi connectivity index (χ1n) is 4.69. The largest absolute Gasteiger partial charge is 0.377 e. The lowest BCUT2D eigenvalue weighted by Gasteiger charge is -2.26. The Kier molecular flexibility index (Phi) is 6.06. The number of hydrogen-bond acceptors (Lipinski definition) is 3. The van der Waals surface area contributed by atoms with Gasteiger partial charge in [-0.05, 0) is 26.7 Å². The van der Waals surface area contributed by atoms with Gasteiger partial charge in [0, 0.05) is 11.3 Å². The van der Waals surface area contributed by atoms with Crippen molar-refractivity contribution in [1.82, 2.24) is 0 Å². The van der Waals surface area contributed by atoms with Crippen LogP contribution in [-0.2, 0) is 4.74 Å². The topological polar surface area (TPSA) is 61.3 Å². The van der Waals surface area contributed by atoms with Crippen LogP contribution < -0.4 is 11.5 Å². The van der Waals surface area contributed by atoms with Crippen molar-refractivity contribution in [1.29, 1.82) is 0 Å². The molecule has 3 unspecified atom stereocenters. The van der Waals surface area contributed by atoms with E-state index in [0.29, 0.717) is 14.5 Å². The van der Waals surface area contributed by atoms with Crippen LogP contribution in [0.2, 0.25) is 0 Å². The first kappa shape index (κ1) is 13.3. The zero-order chi connectivity index (χ0) is 10.5. The Morgan fingerprint density at radius 2 is 1.92 bits per heavy atom. The summed E-state index contributed by atoms with van der Waals surface area (Å²) in [5.41, 5.74) is 11.4. The van der Waals surface area contributed by atoms with Crippen LogP contribution >= 0.6 is 8.58 Å². The molecule has 0 radical (unpaired) electrons. The minimum absolute atomic E-state index is 0.155. The average Bonchev–Trinajstić information content (AvgIpc) is 1.95. The Morgan fingerprint density at radius 3 is 2.31 bits per heavy atom. The smallest absolute Gasteiger partial charge is 0.0645 e. The maximum atomic E-state index is 5.92. The number of ether oxygens (including phenoxy) is 1. The summed E-state index contributed by atoms with van der Waals surface area (Å²) in [6.45, 7) is 8.88. The highest BCUT2D eigenvalue weighted by Crippen LogP contribution is 2.17. The highest BCUT2D eigenvalue weighted by atomic mass is 31.1. The molecule has 0 fully saturated rings. The van der Waals surface area contributed by atoms with Crippen LogP contribution in [-0.4, -0.2) is 24.3 Å². The fourth-order valence-corrected chi connectivity index (χ4v) is 1.14. The van der Waals surface area contributed by atoms with Crippen molar-refractivity contribution in [2.75, 3.05) is 13.0 Å². The zero-order valence-corrected chi connectivity index (χ0v) is 10.1. The van der Waals surface area contributed by atoms with Gasteiger partial charge in [0.05, 0.1) is 13.0 Å². The molecule has 0 aromatic rings. The summed E-state index contributed by atoms with van der Waals surface area (Å²) in [5.74, 6) is 0.631. The maximum absolute atomic E-state index is 5.92. The van der Waals surface area contributed by atoms with Crippen LogP contribution in [0.25, 0.3) is 0 Å². The van der Waals surface area contributed by atoms with Crippen molar-refractivity contribution in [3.63, 3.8) is 0 Å². The Bertz CT molecular complexity index is 134. The lowest BCUT2D eigenvalue weighted by molar-refractivity contribution is 0.115. The van der Waals surface area contributed by atoms with Gasteiger partial charge in [-0.1, -0.05) is 15.5 Å². The Labute approximate surface area is 83.4 Å². The molecule has 0 saturated heterocycles. The van der Waals surface area contributed by atoms with E-state index in [9.17, 15) is 0 Å². The van der Waals surface area contributed by atoms with Crippen molar-refractivity contribution in [3.05, 3.63) is 0 Å². The standard InChI is InChI=1S/C9H23N2OP/c1-7(9(3,4)11)5-12-6-13-8(2)10/h7-8,13H,5-6,10-11H2,1-4H3. The second-order valence-corrected chi connectivity index (χ2v) is 5.84. The summed E-state index contributed by atoms with van der Waals surface area (Å²) in [7, 11) is 0.686. The van der Waals surface area contributed by atoms with Gasteiger partial charge in [-0.25, -0.2) is 0 Å². The van der Waals surface area contributed by atoms with E-state index < -0.39 is 0 Å². The van der Waals surface area contributed by atoms with Crippen molar-refractivity contribution in [3.8, 4) is 0 Å². The summed E-state index contributed by atoms with van der Waals surface area (Å²) >= 11 is 0. The highest BCUT2D eigenvalue weighted by molar-refractivity contribution is 7.38. The van der Waals surface area contributed by atoms with Gasteiger partial charge in [-0.2, -0.15) is 0 Å². The molecular weight excluding hydrogens is 183 g/mol. The molecule has 0 amide bonds. The molecule has 4 N–H and O–H groups in total. The summed E-state index contributed by atoms with van der Waals surface area (Å²) < 4.78 is 5.49. The lowest BCUT2D eigenvalue weighted by Crippen LogP contribution is -2.41. The highest BCUT2D eigenvalue weighted by Gasteiger charge is 2.20. The Morgan fingerprint density at radius 1 is 1.38 bits per heavy atom. The van der Waals surface area contributed by atoms with E-state index in [-0.39, 0.29) is 11.3 Å². The van der Waals surface area contributed by atoms with Gasteiger partial charge in [0.2, 0.25) is 0 Å². The van der Waals surface area contributed by atoms with Crippen molar-refractivity contribution in [2.24, 2.45) is 17.4 Å². The van der Waals surface area contributed by atoms with Gasteiger partial charge in [0.15, 0.2) is 0 Å². The molecular formula is C9H23N2OP. The van der Waals surface area contributed by atoms with Gasteiger partial charge < -0.3 is 16.2 Å². The molecule has 0 spiro atoms. The summed E-state index contributed by atoms with van der Waals surface area (Å²) in [5, 5.41) is 0. The van der Waals surface area contributed by atoms with Crippen LogP contribution in [0.4, 0.5) is 0 Å². The van der Waals surface area contributed by atoms with E-state index in [4.69, 9.17) is 16.2 Å². The molecule has 0 heterocycles. The molecule has 13 heavy (non-hydrogen) atoms. The molecule has 0 rings (SSSR count). The van der Waals surface area contributed by atoms with Crippen LogP contribution in [0.1, 0.15) is 27.7 Å². The SMILES string of the molecule is CC(N)PCOCC(C)C(C)(C)N. The third-order valence-corrected chi connectivity index (χ3v) is 3.16. The molecule has 0 bridgehead atoms. The molecule has 3 atom stereocenters. The van der Waals surface area contributed by atoms with E-state index >= 15 is 0 Å². The monoisotopic (exact) mass is 206 g/mol. The molecule has 0 saturated carbocycles. The van der Waals surface area contributed by atoms with E-state index in [1.54, 1.807) is 0 Å². The van der Waals surface area contributed by atoms with Crippen LogP contribution in [0.5, 0.6) is 0 Å². The van der Waals surface area contributed by atoms with Crippen molar-refractivity contribution in [2.45, 2.75) is 39.0 Å². The fraction of sp³-hybridized carbons (Fsp3) is 1.00. The molecule has 0 aliphatic carbocycles. The quantitative estimate of drug-likeness (QED) is 0.509. The van der Waals surface area contributed by atoms with Gasteiger partial charge in [0.1, 0.15) is 0 Å². The molecule has 0 aliphatic heterocycles. The van der Waals surface area contributed by atoms with E-state index in [2.05, 4.69) is 6.92 Å². The number of rotatable bonds is 6. The third-order valence-electron chi connectivity index (χ3n) is 2.15. The zero-order valence-electron chi connectivity index (χ0n) is 9.13. The van der Waals surface area contributed by atoms with E-state index in [1.807, 2.05) is 20.8 Å². The van der Waals surface area contributed by atoms with Crippen LogP contribution in [0.3, 0.4) is 0 Å².